The molecule has 166 valence electrons. The minimum atomic E-state index is -2.67. The van der Waals surface area contributed by atoms with Gasteiger partial charge in [-0.3, -0.25) is 9.20 Å². The van der Waals surface area contributed by atoms with Crippen molar-refractivity contribution in [3.63, 3.8) is 0 Å². The van der Waals surface area contributed by atoms with E-state index < -0.39 is 22.0 Å². The molecule has 0 amide bonds. The number of halogens is 2. The Morgan fingerprint density at radius 1 is 1.27 bits per heavy atom. The van der Waals surface area contributed by atoms with Crippen LogP contribution in [0.3, 0.4) is 0 Å². The zero-order valence-electron chi connectivity index (χ0n) is 18.4. The normalized spacial score (nSPS) is 19.2. The van der Waals surface area contributed by atoms with E-state index in [9.17, 15) is 18.1 Å². The molecule has 1 saturated heterocycles. The Labute approximate surface area is 179 Å². The maximum absolute atomic E-state index is 13.6. The van der Waals surface area contributed by atoms with E-state index in [0.717, 1.165) is 11.1 Å². The number of rotatable bonds is 4. The lowest BCUT2D eigenvalue weighted by Crippen LogP contribution is -2.41. The van der Waals surface area contributed by atoms with Crippen LogP contribution in [0.4, 0.5) is 14.6 Å². The molecule has 3 heterocycles. The van der Waals surface area contributed by atoms with Crippen LogP contribution in [0.1, 0.15) is 63.3 Å². The maximum Gasteiger partial charge on any atom is 0.262 e. The number of fused-ring (bicyclic) bond motifs is 1. The summed E-state index contributed by atoms with van der Waals surface area (Å²) in [6.45, 7) is 11.4. The van der Waals surface area contributed by atoms with Crippen LogP contribution in [0.25, 0.3) is 5.65 Å². The van der Waals surface area contributed by atoms with Gasteiger partial charge in [-0.2, -0.15) is 0 Å². The van der Waals surface area contributed by atoms with Crippen LogP contribution in [0.15, 0.2) is 17.1 Å². The van der Waals surface area contributed by atoms with Crippen molar-refractivity contribution in [3.05, 3.63) is 39.3 Å². The SMILES string of the molecule is Cc1cc([C@@H](C)N[S+]([O-])C(C)(C)C)c2nc(N3CCC(F)(F)CC3)c(C)c(=O)n2c1. The molecular formula is C21H30F2N4O2S. The number of anilines is 1. The van der Waals surface area contributed by atoms with Crippen molar-refractivity contribution in [2.75, 3.05) is 18.0 Å². The fourth-order valence-corrected chi connectivity index (χ4v) is 4.36. The van der Waals surface area contributed by atoms with E-state index in [0.29, 0.717) is 17.0 Å². The molecule has 30 heavy (non-hydrogen) atoms. The number of pyridine rings is 1. The Morgan fingerprint density at radius 2 is 1.87 bits per heavy atom. The molecule has 9 heteroatoms. The standard InChI is InChI=1S/C21H30F2N4O2S/c1-13-11-16(15(3)25-30(29)20(4,5)6)18-24-17(14(2)19(28)27(18)12-13)26-9-7-21(22,23)8-10-26/h11-12,15,25H,7-10H2,1-6H3/t15-,30?/m1/s1. The van der Waals surface area contributed by atoms with Gasteiger partial charge in [0.25, 0.3) is 11.5 Å². The molecule has 1 fully saturated rings. The van der Waals surface area contributed by atoms with E-state index in [2.05, 4.69) is 4.72 Å². The van der Waals surface area contributed by atoms with Gasteiger partial charge in [-0.25, -0.2) is 13.8 Å². The molecule has 0 bridgehead atoms. The van der Waals surface area contributed by atoms with Gasteiger partial charge in [-0.1, -0.05) is 0 Å². The Morgan fingerprint density at radius 3 is 2.43 bits per heavy atom. The molecule has 1 unspecified atom stereocenters. The summed E-state index contributed by atoms with van der Waals surface area (Å²) < 4.78 is 44.0. The largest absolute Gasteiger partial charge is 0.598 e. The van der Waals surface area contributed by atoms with Crippen LogP contribution in [0.2, 0.25) is 0 Å². The van der Waals surface area contributed by atoms with Crippen LogP contribution in [-0.2, 0) is 11.4 Å². The van der Waals surface area contributed by atoms with Crippen molar-refractivity contribution in [2.45, 2.75) is 71.1 Å². The van der Waals surface area contributed by atoms with Crippen molar-refractivity contribution < 1.29 is 13.3 Å². The van der Waals surface area contributed by atoms with Crippen LogP contribution in [0.5, 0.6) is 0 Å². The number of alkyl halides is 2. The quantitative estimate of drug-likeness (QED) is 0.735. The summed E-state index contributed by atoms with van der Waals surface area (Å²) >= 11 is -1.30. The molecular weight excluding hydrogens is 410 g/mol. The average molecular weight is 441 g/mol. The lowest BCUT2D eigenvalue weighted by molar-refractivity contribution is -0.0221. The third-order valence-electron chi connectivity index (χ3n) is 5.39. The summed E-state index contributed by atoms with van der Waals surface area (Å²) in [6, 6.07) is 1.59. The van der Waals surface area contributed by atoms with Crippen LogP contribution in [-0.4, -0.2) is 37.7 Å². The summed E-state index contributed by atoms with van der Waals surface area (Å²) in [5.41, 5.74) is 2.29. The van der Waals surface area contributed by atoms with Crippen molar-refractivity contribution in [1.82, 2.24) is 14.1 Å². The van der Waals surface area contributed by atoms with Gasteiger partial charge in [0.2, 0.25) is 0 Å². The zero-order chi connectivity index (χ0) is 22.4. The summed E-state index contributed by atoms with van der Waals surface area (Å²) in [6.07, 6.45) is 1.22. The van der Waals surface area contributed by atoms with Crippen molar-refractivity contribution in [2.24, 2.45) is 0 Å². The molecule has 2 aromatic heterocycles. The molecule has 0 spiro atoms. The number of nitrogens with zero attached hydrogens (tertiary/aromatic N) is 3. The minimum Gasteiger partial charge on any atom is -0.598 e. The van der Waals surface area contributed by atoms with Gasteiger partial charge in [0.1, 0.15) is 16.2 Å². The molecule has 1 N–H and O–H groups in total. The number of piperidine rings is 1. The average Bonchev–Trinajstić information content (AvgIpc) is 2.64. The monoisotopic (exact) mass is 440 g/mol. The van der Waals surface area contributed by atoms with Crippen LogP contribution in [0, 0.1) is 13.8 Å². The number of aryl methyl sites for hydroxylation is 1. The second kappa shape index (κ2) is 8.09. The fraction of sp³-hybridized carbons (Fsp3) is 0.619. The Balaban J connectivity index is 2.08. The first-order valence-corrected chi connectivity index (χ1v) is 11.3. The smallest absolute Gasteiger partial charge is 0.262 e. The summed E-state index contributed by atoms with van der Waals surface area (Å²) in [7, 11) is 0. The van der Waals surface area contributed by atoms with Crippen molar-refractivity contribution >= 4 is 22.8 Å². The van der Waals surface area contributed by atoms with Gasteiger partial charge in [0, 0.05) is 49.1 Å². The van der Waals surface area contributed by atoms with E-state index in [1.807, 2.05) is 40.7 Å². The summed E-state index contributed by atoms with van der Waals surface area (Å²) in [5.74, 6) is -2.22. The van der Waals surface area contributed by atoms with E-state index in [-0.39, 0.29) is 37.5 Å². The number of hydrogen-bond acceptors (Lipinski definition) is 5. The Bertz CT molecular complexity index is 993. The van der Waals surface area contributed by atoms with Crippen molar-refractivity contribution in [3.8, 4) is 0 Å². The first kappa shape index (κ1) is 23.0. The second-order valence-corrected chi connectivity index (χ2v) is 11.1. The maximum atomic E-state index is 13.6. The molecule has 0 aromatic carbocycles. The molecule has 1 aliphatic heterocycles. The van der Waals surface area contributed by atoms with Gasteiger partial charge >= 0.3 is 0 Å². The Hall–Kier alpha value is -1.71. The number of hydrogen-bond donors (Lipinski definition) is 1. The molecule has 0 saturated carbocycles. The van der Waals surface area contributed by atoms with E-state index in [1.165, 1.54) is 4.40 Å². The minimum absolute atomic E-state index is 0.152. The third-order valence-corrected chi connectivity index (χ3v) is 7.07. The predicted octanol–water partition coefficient (Wildman–Crippen LogP) is 3.66. The molecule has 0 radical (unpaired) electrons. The lowest BCUT2D eigenvalue weighted by Gasteiger charge is -2.33. The van der Waals surface area contributed by atoms with Gasteiger partial charge in [-0.05, 0) is 53.2 Å². The highest BCUT2D eigenvalue weighted by Gasteiger charge is 2.35. The number of nitrogens with one attached hydrogen (secondary N) is 1. The highest BCUT2D eigenvalue weighted by Crippen LogP contribution is 2.31. The molecule has 2 atom stereocenters. The van der Waals surface area contributed by atoms with Gasteiger partial charge < -0.3 is 9.45 Å². The third kappa shape index (κ3) is 4.63. The van der Waals surface area contributed by atoms with Crippen LogP contribution < -0.4 is 15.2 Å². The topological polar surface area (TPSA) is 72.7 Å². The zero-order valence-corrected chi connectivity index (χ0v) is 19.2. The molecule has 1 aliphatic rings. The fourth-order valence-electron chi connectivity index (χ4n) is 3.56. The highest BCUT2D eigenvalue weighted by atomic mass is 32.2. The molecule has 2 aromatic rings. The van der Waals surface area contributed by atoms with Gasteiger partial charge in [0.05, 0.1) is 11.6 Å². The highest BCUT2D eigenvalue weighted by molar-refractivity contribution is 7.90. The van der Waals surface area contributed by atoms with Crippen molar-refractivity contribution in [1.29, 1.82) is 0 Å². The summed E-state index contributed by atoms with van der Waals surface area (Å²) in [4.78, 5) is 19.6. The first-order chi connectivity index (χ1) is 13.8. The van der Waals surface area contributed by atoms with Gasteiger partial charge in [0.15, 0.2) is 0 Å². The van der Waals surface area contributed by atoms with E-state index >= 15 is 0 Å². The lowest BCUT2D eigenvalue weighted by atomic mass is 10.1. The molecule has 3 rings (SSSR count). The first-order valence-electron chi connectivity index (χ1n) is 10.1. The van der Waals surface area contributed by atoms with E-state index in [4.69, 9.17) is 4.98 Å². The van der Waals surface area contributed by atoms with Crippen LogP contribution >= 0.6 is 0 Å². The Kier molecular flexibility index (Phi) is 6.19. The number of aromatic nitrogens is 2. The second-order valence-electron chi connectivity index (χ2n) is 9.10. The summed E-state index contributed by atoms with van der Waals surface area (Å²) in [5, 5.41) is 0. The molecule has 0 aliphatic carbocycles. The predicted molar refractivity (Wildman–Crippen MR) is 117 cm³/mol. The molecule has 6 nitrogen and oxygen atoms in total. The van der Waals surface area contributed by atoms with E-state index in [1.54, 1.807) is 18.0 Å². The van der Waals surface area contributed by atoms with Gasteiger partial charge in [-0.15, -0.1) is 4.72 Å².